The van der Waals surface area contributed by atoms with Crippen molar-refractivity contribution in [3.8, 4) is 5.75 Å². The molecule has 0 aliphatic rings. The molecule has 1 aromatic heterocycles. The van der Waals surface area contributed by atoms with Gasteiger partial charge in [0, 0.05) is 32.5 Å². The zero-order chi connectivity index (χ0) is 19.6. The summed E-state index contributed by atoms with van der Waals surface area (Å²) >= 11 is 0. The van der Waals surface area contributed by atoms with Crippen LogP contribution in [0.2, 0.25) is 0 Å². The minimum absolute atomic E-state index is 0.267. The van der Waals surface area contributed by atoms with E-state index >= 15 is 0 Å². The summed E-state index contributed by atoms with van der Waals surface area (Å²) in [5.74, 6) is 2.18. The Balaban J connectivity index is 1.93. The van der Waals surface area contributed by atoms with Gasteiger partial charge in [-0.15, -0.1) is 0 Å². The minimum atomic E-state index is -0.349. The fraction of sp³-hybridized carbons (Fsp3) is 0.500. The summed E-state index contributed by atoms with van der Waals surface area (Å²) in [6.07, 6.45) is 3.80. The van der Waals surface area contributed by atoms with Crippen molar-refractivity contribution in [2.45, 2.75) is 33.9 Å². The SMILES string of the molecule is CCNC(=NCc1nccn1CC(C)C)N(C)CCOc1ccccc1F. The van der Waals surface area contributed by atoms with Crippen LogP contribution < -0.4 is 10.1 Å². The molecule has 0 unspecified atom stereocenters. The molecule has 0 spiro atoms. The maximum atomic E-state index is 13.6. The van der Waals surface area contributed by atoms with Crippen LogP contribution in [0, 0.1) is 11.7 Å². The molecule has 1 aromatic carbocycles. The van der Waals surface area contributed by atoms with E-state index in [4.69, 9.17) is 4.74 Å². The maximum absolute atomic E-state index is 13.6. The van der Waals surface area contributed by atoms with Gasteiger partial charge in [-0.05, 0) is 25.0 Å². The lowest BCUT2D eigenvalue weighted by molar-refractivity contribution is 0.270. The molecule has 0 aliphatic heterocycles. The number of nitrogens with zero attached hydrogens (tertiary/aromatic N) is 4. The second-order valence-electron chi connectivity index (χ2n) is 6.76. The molecule has 0 bridgehead atoms. The Morgan fingerprint density at radius 2 is 2.15 bits per heavy atom. The number of ether oxygens (including phenoxy) is 1. The number of likely N-dealkylation sites (N-methyl/N-ethyl adjacent to an activating group) is 1. The molecule has 148 valence electrons. The quantitative estimate of drug-likeness (QED) is 0.540. The predicted molar refractivity (Wildman–Crippen MR) is 106 cm³/mol. The first-order chi connectivity index (χ1) is 13.0. The number of hydrogen-bond donors (Lipinski definition) is 1. The van der Waals surface area contributed by atoms with Gasteiger partial charge >= 0.3 is 0 Å². The number of aliphatic imine (C=N–C) groups is 1. The van der Waals surface area contributed by atoms with Gasteiger partial charge in [-0.25, -0.2) is 14.4 Å². The van der Waals surface area contributed by atoms with Gasteiger partial charge in [0.15, 0.2) is 17.5 Å². The van der Waals surface area contributed by atoms with Gasteiger partial charge in [-0.3, -0.25) is 0 Å². The third kappa shape index (κ3) is 6.58. The molecule has 7 heteroatoms. The Hall–Kier alpha value is -2.57. The zero-order valence-corrected chi connectivity index (χ0v) is 16.7. The first-order valence-electron chi connectivity index (χ1n) is 9.38. The van der Waals surface area contributed by atoms with Crippen LogP contribution in [0.25, 0.3) is 0 Å². The van der Waals surface area contributed by atoms with Gasteiger partial charge in [0.25, 0.3) is 0 Å². The largest absolute Gasteiger partial charge is 0.489 e. The predicted octanol–water partition coefficient (Wildman–Crippen LogP) is 3.15. The molecule has 2 rings (SSSR count). The molecule has 0 saturated carbocycles. The Kier molecular flexibility index (Phi) is 8.10. The van der Waals surface area contributed by atoms with Crippen LogP contribution in [0.15, 0.2) is 41.7 Å². The van der Waals surface area contributed by atoms with Crippen molar-refractivity contribution in [2.24, 2.45) is 10.9 Å². The highest BCUT2D eigenvalue weighted by molar-refractivity contribution is 5.79. The van der Waals surface area contributed by atoms with E-state index in [9.17, 15) is 4.39 Å². The lowest BCUT2D eigenvalue weighted by Crippen LogP contribution is -2.41. The van der Waals surface area contributed by atoms with Crippen molar-refractivity contribution in [1.82, 2.24) is 19.8 Å². The number of aromatic nitrogens is 2. The third-order valence-electron chi connectivity index (χ3n) is 3.95. The van der Waals surface area contributed by atoms with Gasteiger partial charge in [0.05, 0.1) is 6.54 Å². The average molecular weight is 375 g/mol. The molecule has 0 saturated heterocycles. The maximum Gasteiger partial charge on any atom is 0.194 e. The molecule has 0 fully saturated rings. The zero-order valence-electron chi connectivity index (χ0n) is 16.7. The molecule has 0 atom stereocenters. The van der Waals surface area contributed by atoms with E-state index in [1.165, 1.54) is 6.07 Å². The average Bonchev–Trinajstić information content (AvgIpc) is 3.06. The molecular formula is C20H30FN5O. The van der Waals surface area contributed by atoms with Crippen molar-refractivity contribution < 1.29 is 9.13 Å². The van der Waals surface area contributed by atoms with Crippen LogP contribution in [0.5, 0.6) is 5.75 Å². The highest BCUT2D eigenvalue weighted by atomic mass is 19.1. The summed E-state index contributed by atoms with van der Waals surface area (Å²) < 4.78 is 21.3. The lowest BCUT2D eigenvalue weighted by Gasteiger charge is -2.22. The molecule has 0 amide bonds. The Morgan fingerprint density at radius 3 is 2.85 bits per heavy atom. The second-order valence-corrected chi connectivity index (χ2v) is 6.76. The van der Waals surface area contributed by atoms with E-state index in [0.29, 0.717) is 25.6 Å². The number of guanidine groups is 1. The van der Waals surface area contributed by atoms with E-state index in [1.807, 2.05) is 31.3 Å². The van der Waals surface area contributed by atoms with Gasteiger partial charge in [-0.2, -0.15) is 0 Å². The number of hydrogen-bond acceptors (Lipinski definition) is 3. The number of rotatable bonds is 9. The van der Waals surface area contributed by atoms with Gasteiger partial charge in [-0.1, -0.05) is 26.0 Å². The van der Waals surface area contributed by atoms with Crippen LogP contribution >= 0.6 is 0 Å². The van der Waals surface area contributed by atoms with Crippen molar-refractivity contribution in [1.29, 1.82) is 0 Å². The van der Waals surface area contributed by atoms with Crippen molar-refractivity contribution in [2.75, 3.05) is 26.7 Å². The van der Waals surface area contributed by atoms with Crippen LogP contribution in [-0.4, -0.2) is 47.2 Å². The molecular weight excluding hydrogens is 345 g/mol. The van der Waals surface area contributed by atoms with Crippen LogP contribution in [-0.2, 0) is 13.1 Å². The summed E-state index contributed by atoms with van der Waals surface area (Å²) in [7, 11) is 1.94. The fourth-order valence-corrected chi connectivity index (χ4v) is 2.63. The fourth-order valence-electron chi connectivity index (χ4n) is 2.63. The summed E-state index contributed by atoms with van der Waals surface area (Å²) in [6, 6.07) is 6.42. The molecule has 27 heavy (non-hydrogen) atoms. The van der Waals surface area contributed by atoms with E-state index in [2.05, 4.69) is 33.7 Å². The van der Waals surface area contributed by atoms with Crippen LogP contribution in [0.4, 0.5) is 4.39 Å². The third-order valence-corrected chi connectivity index (χ3v) is 3.95. The summed E-state index contributed by atoms with van der Waals surface area (Å²) in [4.78, 5) is 11.1. The van der Waals surface area contributed by atoms with Crippen molar-refractivity contribution in [3.05, 3.63) is 48.3 Å². The first-order valence-corrected chi connectivity index (χ1v) is 9.38. The van der Waals surface area contributed by atoms with Crippen molar-refractivity contribution >= 4 is 5.96 Å². The standard InChI is InChI=1S/C20H30FN5O/c1-5-22-20(24-14-19-23-10-11-26(19)15-16(2)3)25(4)12-13-27-18-9-7-6-8-17(18)21/h6-11,16H,5,12-15H2,1-4H3,(H,22,24). The molecule has 0 aliphatic carbocycles. The number of halogens is 1. The summed E-state index contributed by atoms with van der Waals surface area (Å²) in [6.45, 7) is 9.52. The highest BCUT2D eigenvalue weighted by Crippen LogP contribution is 2.15. The molecule has 0 radical (unpaired) electrons. The van der Waals surface area contributed by atoms with E-state index in [0.717, 1.165) is 24.9 Å². The number of benzene rings is 1. The van der Waals surface area contributed by atoms with E-state index in [-0.39, 0.29) is 11.6 Å². The molecule has 2 aromatic rings. The number of para-hydroxylation sites is 1. The van der Waals surface area contributed by atoms with Crippen LogP contribution in [0.1, 0.15) is 26.6 Å². The van der Waals surface area contributed by atoms with E-state index in [1.54, 1.807) is 18.2 Å². The smallest absolute Gasteiger partial charge is 0.194 e. The molecule has 6 nitrogen and oxygen atoms in total. The van der Waals surface area contributed by atoms with Crippen molar-refractivity contribution in [3.63, 3.8) is 0 Å². The highest BCUT2D eigenvalue weighted by Gasteiger charge is 2.09. The molecule has 1 N–H and O–H groups in total. The second kappa shape index (κ2) is 10.5. The van der Waals surface area contributed by atoms with Gasteiger partial charge in [0.1, 0.15) is 19.0 Å². The van der Waals surface area contributed by atoms with Gasteiger partial charge < -0.3 is 19.5 Å². The Labute approximate surface area is 161 Å². The van der Waals surface area contributed by atoms with Crippen LogP contribution in [0.3, 0.4) is 0 Å². The van der Waals surface area contributed by atoms with Gasteiger partial charge in [0.2, 0.25) is 0 Å². The lowest BCUT2D eigenvalue weighted by atomic mass is 10.2. The number of nitrogens with one attached hydrogen (secondary N) is 1. The topological polar surface area (TPSA) is 54.7 Å². The summed E-state index contributed by atoms with van der Waals surface area (Å²) in [5, 5.41) is 3.27. The molecule has 1 heterocycles. The number of imidazole rings is 1. The Bertz CT molecular complexity index is 729. The minimum Gasteiger partial charge on any atom is -0.489 e. The Morgan fingerprint density at radius 1 is 1.37 bits per heavy atom. The normalized spacial score (nSPS) is 11.7. The monoisotopic (exact) mass is 375 g/mol. The summed E-state index contributed by atoms with van der Waals surface area (Å²) in [5.41, 5.74) is 0. The first kappa shape index (κ1) is 20.7. The van der Waals surface area contributed by atoms with E-state index < -0.39 is 0 Å².